The molecule has 3 N–H and O–H groups in total. The van der Waals surface area contributed by atoms with Crippen LogP contribution in [0.2, 0.25) is 0 Å². The van der Waals surface area contributed by atoms with Gasteiger partial charge in [-0.05, 0) is 0 Å². The van der Waals surface area contributed by atoms with Crippen LogP contribution in [0.5, 0.6) is 0 Å². The lowest BCUT2D eigenvalue weighted by Gasteiger charge is -2.05. The predicted octanol–water partition coefficient (Wildman–Crippen LogP) is 1.11. The molecule has 0 saturated carbocycles. The molecule has 2 aromatic rings. The number of nitrogens with zero attached hydrogens (tertiary/aromatic N) is 2. The molecule has 68 valence electrons. The van der Waals surface area contributed by atoms with Gasteiger partial charge in [0.2, 0.25) is 0 Å². The van der Waals surface area contributed by atoms with Crippen molar-refractivity contribution < 1.29 is 0 Å². The lowest BCUT2D eigenvalue weighted by molar-refractivity contribution is 0.677. The van der Waals surface area contributed by atoms with Crippen LogP contribution in [0.25, 0.3) is 0 Å². The van der Waals surface area contributed by atoms with Crippen LogP contribution in [0.15, 0.2) is 23.3 Å². The van der Waals surface area contributed by atoms with E-state index in [2.05, 4.69) is 15.0 Å². The third kappa shape index (κ3) is 1.93. The summed E-state index contributed by atoms with van der Waals surface area (Å²) >= 11 is 1.56. The molecule has 2 aromatic heterocycles. The topological polar surface area (TPSA) is 67.6 Å². The van der Waals surface area contributed by atoms with E-state index in [1.165, 1.54) is 0 Å². The Balaban J connectivity index is 2.04. The summed E-state index contributed by atoms with van der Waals surface area (Å²) < 4.78 is 0. The summed E-state index contributed by atoms with van der Waals surface area (Å²) in [5, 5.41) is 1.97. The number of nitrogens with two attached hydrogens (primary N) is 1. The minimum atomic E-state index is -0.0580. The lowest BCUT2D eigenvalue weighted by atomic mass is 10.2. The van der Waals surface area contributed by atoms with Crippen molar-refractivity contribution in [2.75, 3.05) is 0 Å². The molecule has 0 aromatic carbocycles. The van der Waals surface area contributed by atoms with Gasteiger partial charge in [0.05, 0.1) is 17.2 Å². The summed E-state index contributed by atoms with van der Waals surface area (Å²) in [5.74, 6) is 0.903. The van der Waals surface area contributed by atoms with E-state index in [0.717, 1.165) is 11.5 Å². The van der Waals surface area contributed by atoms with Crippen molar-refractivity contribution in [3.63, 3.8) is 0 Å². The summed E-state index contributed by atoms with van der Waals surface area (Å²) in [7, 11) is 0. The molecule has 2 rings (SSSR count). The Morgan fingerprint density at radius 1 is 1.54 bits per heavy atom. The molecule has 0 aliphatic heterocycles. The SMILES string of the molecule is NC(Cc1ncc[nH]1)c1cscn1. The van der Waals surface area contributed by atoms with Crippen molar-refractivity contribution in [2.24, 2.45) is 5.73 Å². The lowest BCUT2D eigenvalue weighted by Crippen LogP contribution is -2.14. The van der Waals surface area contributed by atoms with Gasteiger partial charge in [-0.25, -0.2) is 9.97 Å². The standard InChI is InChI=1S/C8H10N4S/c9-6(7-4-13-5-12-7)3-8-10-1-2-11-8/h1-2,4-6H,3,9H2,(H,10,11). The molecule has 5 heteroatoms. The molecular formula is C8H10N4S. The molecule has 0 amide bonds. The second kappa shape index (κ2) is 3.68. The molecule has 0 aliphatic rings. The van der Waals surface area contributed by atoms with Crippen LogP contribution in [-0.4, -0.2) is 15.0 Å². The molecule has 0 bridgehead atoms. The van der Waals surface area contributed by atoms with E-state index in [0.29, 0.717) is 6.42 Å². The number of H-pyrrole nitrogens is 1. The Hall–Kier alpha value is -1.20. The molecule has 2 heterocycles. The third-order valence-electron chi connectivity index (χ3n) is 1.80. The van der Waals surface area contributed by atoms with Gasteiger partial charge in [0, 0.05) is 24.2 Å². The molecule has 4 nitrogen and oxygen atoms in total. The van der Waals surface area contributed by atoms with E-state index in [1.54, 1.807) is 29.2 Å². The smallest absolute Gasteiger partial charge is 0.107 e. The van der Waals surface area contributed by atoms with Crippen LogP contribution in [0.4, 0.5) is 0 Å². The fourth-order valence-corrected chi connectivity index (χ4v) is 1.75. The Kier molecular flexibility index (Phi) is 2.37. The molecular weight excluding hydrogens is 184 g/mol. The molecule has 1 atom stereocenters. The van der Waals surface area contributed by atoms with Crippen molar-refractivity contribution in [3.05, 3.63) is 34.8 Å². The first-order valence-corrected chi connectivity index (χ1v) is 4.92. The van der Waals surface area contributed by atoms with Gasteiger partial charge in [0.25, 0.3) is 0 Å². The van der Waals surface area contributed by atoms with Gasteiger partial charge in [-0.2, -0.15) is 0 Å². The highest BCUT2D eigenvalue weighted by molar-refractivity contribution is 7.07. The van der Waals surface area contributed by atoms with Crippen LogP contribution in [0.1, 0.15) is 17.6 Å². The van der Waals surface area contributed by atoms with Crippen molar-refractivity contribution in [1.82, 2.24) is 15.0 Å². The number of thiazole rings is 1. The number of rotatable bonds is 3. The Morgan fingerprint density at radius 2 is 2.46 bits per heavy atom. The van der Waals surface area contributed by atoms with Crippen LogP contribution in [0.3, 0.4) is 0 Å². The number of hydrogen-bond donors (Lipinski definition) is 2. The van der Waals surface area contributed by atoms with E-state index in [9.17, 15) is 0 Å². The highest BCUT2D eigenvalue weighted by Crippen LogP contribution is 2.13. The molecule has 0 fully saturated rings. The predicted molar refractivity (Wildman–Crippen MR) is 51.3 cm³/mol. The summed E-state index contributed by atoms with van der Waals surface area (Å²) in [6, 6.07) is -0.0580. The van der Waals surface area contributed by atoms with Crippen molar-refractivity contribution in [3.8, 4) is 0 Å². The van der Waals surface area contributed by atoms with Crippen molar-refractivity contribution in [2.45, 2.75) is 12.5 Å². The summed E-state index contributed by atoms with van der Waals surface area (Å²) in [6.07, 6.45) is 4.23. The Bertz CT molecular complexity index is 340. The summed E-state index contributed by atoms with van der Waals surface area (Å²) in [4.78, 5) is 11.3. The summed E-state index contributed by atoms with van der Waals surface area (Å²) in [5.41, 5.74) is 8.64. The van der Waals surface area contributed by atoms with E-state index >= 15 is 0 Å². The normalized spacial score (nSPS) is 13.0. The van der Waals surface area contributed by atoms with Gasteiger partial charge < -0.3 is 10.7 Å². The molecule has 0 saturated heterocycles. The number of hydrogen-bond acceptors (Lipinski definition) is 4. The van der Waals surface area contributed by atoms with E-state index < -0.39 is 0 Å². The quantitative estimate of drug-likeness (QED) is 0.769. The van der Waals surface area contributed by atoms with Gasteiger partial charge in [-0.15, -0.1) is 11.3 Å². The number of aromatic amines is 1. The first-order valence-electron chi connectivity index (χ1n) is 3.98. The van der Waals surface area contributed by atoms with Gasteiger partial charge in [0.1, 0.15) is 5.82 Å². The number of aromatic nitrogens is 3. The largest absolute Gasteiger partial charge is 0.349 e. The monoisotopic (exact) mass is 194 g/mol. The molecule has 0 radical (unpaired) electrons. The molecule has 0 aliphatic carbocycles. The number of nitrogens with one attached hydrogen (secondary N) is 1. The van der Waals surface area contributed by atoms with E-state index in [-0.39, 0.29) is 6.04 Å². The van der Waals surface area contributed by atoms with Gasteiger partial charge >= 0.3 is 0 Å². The molecule has 0 spiro atoms. The van der Waals surface area contributed by atoms with Crippen LogP contribution >= 0.6 is 11.3 Å². The highest BCUT2D eigenvalue weighted by Gasteiger charge is 2.09. The van der Waals surface area contributed by atoms with Gasteiger partial charge in [-0.1, -0.05) is 0 Å². The molecule has 1 unspecified atom stereocenters. The minimum absolute atomic E-state index is 0.0580. The first-order chi connectivity index (χ1) is 6.36. The summed E-state index contributed by atoms with van der Waals surface area (Å²) in [6.45, 7) is 0. The second-order valence-electron chi connectivity index (χ2n) is 2.76. The zero-order chi connectivity index (χ0) is 9.10. The maximum Gasteiger partial charge on any atom is 0.107 e. The van der Waals surface area contributed by atoms with Crippen molar-refractivity contribution in [1.29, 1.82) is 0 Å². The number of imidazole rings is 1. The van der Waals surface area contributed by atoms with E-state index in [1.807, 2.05) is 5.38 Å². The maximum absolute atomic E-state index is 5.91. The van der Waals surface area contributed by atoms with Gasteiger partial charge in [-0.3, -0.25) is 0 Å². The average molecular weight is 194 g/mol. The fraction of sp³-hybridized carbons (Fsp3) is 0.250. The zero-order valence-corrected chi connectivity index (χ0v) is 7.79. The van der Waals surface area contributed by atoms with Crippen LogP contribution in [0, 0.1) is 0 Å². The Morgan fingerprint density at radius 3 is 3.08 bits per heavy atom. The zero-order valence-electron chi connectivity index (χ0n) is 6.97. The second-order valence-corrected chi connectivity index (χ2v) is 3.48. The van der Waals surface area contributed by atoms with Gasteiger partial charge in [0.15, 0.2) is 0 Å². The average Bonchev–Trinajstić information content (AvgIpc) is 2.74. The molecule has 13 heavy (non-hydrogen) atoms. The van der Waals surface area contributed by atoms with Crippen LogP contribution < -0.4 is 5.73 Å². The van der Waals surface area contributed by atoms with E-state index in [4.69, 9.17) is 5.73 Å². The first kappa shape index (κ1) is 8.40. The van der Waals surface area contributed by atoms with Crippen LogP contribution in [-0.2, 0) is 6.42 Å². The third-order valence-corrected chi connectivity index (χ3v) is 2.40. The van der Waals surface area contributed by atoms with Crippen molar-refractivity contribution >= 4 is 11.3 Å². The maximum atomic E-state index is 5.91. The highest BCUT2D eigenvalue weighted by atomic mass is 32.1. The Labute approximate surface area is 79.8 Å². The fourth-order valence-electron chi connectivity index (χ4n) is 1.13. The minimum Gasteiger partial charge on any atom is -0.349 e.